The highest BCUT2D eigenvalue weighted by atomic mass is 16.2. The van der Waals surface area contributed by atoms with Gasteiger partial charge in [-0.05, 0) is 51.0 Å². The highest BCUT2D eigenvalue weighted by molar-refractivity contribution is 5.88. The summed E-state index contributed by atoms with van der Waals surface area (Å²) in [5.41, 5.74) is 2.39. The van der Waals surface area contributed by atoms with Crippen LogP contribution < -0.4 is 5.32 Å². The first kappa shape index (κ1) is 17.7. The van der Waals surface area contributed by atoms with Gasteiger partial charge in [-0.3, -0.25) is 9.59 Å². The third-order valence-corrected chi connectivity index (χ3v) is 5.11. The first-order valence-electron chi connectivity index (χ1n) is 9.42. The molecule has 1 aromatic carbocycles. The van der Waals surface area contributed by atoms with Crippen LogP contribution in [0, 0.1) is 5.92 Å². The lowest BCUT2D eigenvalue weighted by molar-refractivity contribution is -0.133. The van der Waals surface area contributed by atoms with Gasteiger partial charge in [0.25, 0.3) is 0 Å². The van der Waals surface area contributed by atoms with Gasteiger partial charge in [0.05, 0.1) is 0 Å². The summed E-state index contributed by atoms with van der Waals surface area (Å²) in [6, 6.07) is 10.5. The number of hydrogen-bond donors (Lipinski definition) is 1. The number of likely N-dealkylation sites (tertiary alicyclic amines) is 1. The van der Waals surface area contributed by atoms with Crippen molar-refractivity contribution in [2.75, 3.05) is 13.1 Å². The molecular formula is C21H28N2O2. The molecule has 4 nitrogen and oxygen atoms in total. The zero-order valence-corrected chi connectivity index (χ0v) is 15.0. The molecule has 3 rings (SSSR count). The van der Waals surface area contributed by atoms with E-state index in [1.165, 1.54) is 5.56 Å². The van der Waals surface area contributed by atoms with E-state index in [4.69, 9.17) is 0 Å². The Balaban J connectivity index is 1.39. The first-order chi connectivity index (χ1) is 12.1. The second-order valence-corrected chi connectivity index (χ2v) is 7.36. The molecule has 1 aliphatic carbocycles. The number of benzene rings is 1. The fourth-order valence-electron chi connectivity index (χ4n) is 3.36. The van der Waals surface area contributed by atoms with Crippen molar-refractivity contribution in [2.45, 2.75) is 51.5 Å². The molecule has 0 bridgehead atoms. The van der Waals surface area contributed by atoms with E-state index in [1.54, 1.807) is 6.08 Å². The average molecular weight is 340 g/mol. The molecule has 0 atom stereocenters. The lowest BCUT2D eigenvalue weighted by atomic mass is 10.0. The van der Waals surface area contributed by atoms with Crippen LogP contribution in [0.2, 0.25) is 0 Å². The Morgan fingerprint density at radius 3 is 2.44 bits per heavy atom. The molecule has 1 heterocycles. The van der Waals surface area contributed by atoms with E-state index in [-0.39, 0.29) is 11.9 Å². The number of nitrogens with zero attached hydrogens (tertiary/aromatic N) is 1. The molecule has 0 spiro atoms. The lowest BCUT2D eigenvalue weighted by Crippen LogP contribution is -2.46. The summed E-state index contributed by atoms with van der Waals surface area (Å²) in [6.07, 6.45) is 7.42. The van der Waals surface area contributed by atoms with Crippen LogP contribution >= 0.6 is 0 Å². The Morgan fingerprint density at radius 2 is 1.80 bits per heavy atom. The molecule has 4 heteroatoms. The third kappa shape index (κ3) is 5.45. The van der Waals surface area contributed by atoms with Crippen LogP contribution in [0.1, 0.15) is 44.6 Å². The third-order valence-electron chi connectivity index (χ3n) is 5.11. The summed E-state index contributed by atoms with van der Waals surface area (Å²) in [6.45, 7) is 3.56. The molecule has 1 aliphatic heterocycles. The van der Waals surface area contributed by atoms with Gasteiger partial charge in [-0.15, -0.1) is 0 Å². The minimum atomic E-state index is -0.00229. The monoisotopic (exact) mass is 340 g/mol. The molecule has 0 unspecified atom stereocenters. The van der Waals surface area contributed by atoms with Gasteiger partial charge in [0.2, 0.25) is 11.8 Å². The molecule has 0 aromatic heterocycles. The normalized spacial score (nSPS) is 18.9. The molecule has 134 valence electrons. The SMILES string of the molecule is C/C(=C/C(=O)NC1CCN(C(=O)C2CC2)CC1)CCc1ccccc1. The second kappa shape index (κ2) is 8.32. The second-order valence-electron chi connectivity index (χ2n) is 7.36. The van der Waals surface area contributed by atoms with E-state index in [1.807, 2.05) is 30.0 Å². The van der Waals surface area contributed by atoms with Crippen molar-refractivity contribution in [1.82, 2.24) is 10.2 Å². The smallest absolute Gasteiger partial charge is 0.244 e. The molecule has 2 aliphatic rings. The van der Waals surface area contributed by atoms with Crippen LogP contribution in [0.25, 0.3) is 0 Å². The van der Waals surface area contributed by atoms with E-state index >= 15 is 0 Å². The first-order valence-corrected chi connectivity index (χ1v) is 9.42. The minimum absolute atomic E-state index is 0.00229. The quantitative estimate of drug-likeness (QED) is 0.809. The molecule has 0 radical (unpaired) electrons. The molecule has 2 fully saturated rings. The molecule has 1 aromatic rings. The van der Waals surface area contributed by atoms with Crippen molar-refractivity contribution in [2.24, 2.45) is 5.92 Å². The van der Waals surface area contributed by atoms with Crippen molar-refractivity contribution in [3.05, 3.63) is 47.5 Å². The number of rotatable bonds is 6. The van der Waals surface area contributed by atoms with Gasteiger partial charge >= 0.3 is 0 Å². The van der Waals surface area contributed by atoms with E-state index in [0.717, 1.165) is 57.2 Å². The number of carbonyl (C=O) groups is 2. The van der Waals surface area contributed by atoms with Crippen LogP contribution in [0.4, 0.5) is 0 Å². The highest BCUT2D eigenvalue weighted by Gasteiger charge is 2.34. The summed E-state index contributed by atoms with van der Waals surface area (Å²) >= 11 is 0. The summed E-state index contributed by atoms with van der Waals surface area (Å²) in [5.74, 6) is 0.611. The number of allylic oxidation sites excluding steroid dienone is 1. The average Bonchev–Trinajstić information content (AvgIpc) is 3.46. The maximum Gasteiger partial charge on any atom is 0.244 e. The Hall–Kier alpha value is -2.10. The molecule has 1 saturated heterocycles. The van der Waals surface area contributed by atoms with Gasteiger partial charge in [0.15, 0.2) is 0 Å². The van der Waals surface area contributed by atoms with Crippen LogP contribution in [-0.4, -0.2) is 35.8 Å². The van der Waals surface area contributed by atoms with Crippen LogP contribution in [0.3, 0.4) is 0 Å². The Bertz CT molecular complexity index is 627. The summed E-state index contributed by atoms with van der Waals surface area (Å²) < 4.78 is 0. The van der Waals surface area contributed by atoms with Gasteiger partial charge < -0.3 is 10.2 Å². The topological polar surface area (TPSA) is 49.4 Å². The Morgan fingerprint density at radius 1 is 1.12 bits per heavy atom. The zero-order valence-electron chi connectivity index (χ0n) is 15.0. The van der Waals surface area contributed by atoms with E-state index in [0.29, 0.717) is 11.8 Å². The van der Waals surface area contributed by atoms with E-state index in [2.05, 4.69) is 17.4 Å². The number of hydrogen-bond acceptors (Lipinski definition) is 2. The molecular weight excluding hydrogens is 312 g/mol. The summed E-state index contributed by atoms with van der Waals surface area (Å²) in [5, 5.41) is 3.10. The number of carbonyl (C=O) groups excluding carboxylic acids is 2. The molecule has 1 saturated carbocycles. The number of piperidine rings is 1. The maximum atomic E-state index is 12.2. The summed E-state index contributed by atoms with van der Waals surface area (Å²) in [4.78, 5) is 26.2. The minimum Gasteiger partial charge on any atom is -0.350 e. The summed E-state index contributed by atoms with van der Waals surface area (Å²) in [7, 11) is 0. The fourth-order valence-corrected chi connectivity index (χ4v) is 3.36. The standard InChI is InChI=1S/C21H28N2O2/c1-16(7-8-17-5-3-2-4-6-17)15-20(24)22-19-11-13-23(14-12-19)21(25)18-9-10-18/h2-6,15,18-19H,7-14H2,1H3,(H,22,24)/b16-15-. The van der Waals surface area contributed by atoms with Gasteiger partial charge in [-0.25, -0.2) is 0 Å². The van der Waals surface area contributed by atoms with Crippen molar-refractivity contribution in [1.29, 1.82) is 0 Å². The molecule has 25 heavy (non-hydrogen) atoms. The molecule has 1 N–H and O–H groups in total. The van der Waals surface area contributed by atoms with Crippen LogP contribution in [-0.2, 0) is 16.0 Å². The van der Waals surface area contributed by atoms with Gasteiger partial charge in [0.1, 0.15) is 0 Å². The van der Waals surface area contributed by atoms with Crippen LogP contribution in [0.5, 0.6) is 0 Å². The van der Waals surface area contributed by atoms with Gasteiger partial charge in [-0.1, -0.05) is 35.9 Å². The maximum absolute atomic E-state index is 12.2. The number of amides is 2. The molecule has 2 amide bonds. The van der Waals surface area contributed by atoms with Crippen molar-refractivity contribution < 1.29 is 9.59 Å². The zero-order chi connectivity index (χ0) is 17.6. The van der Waals surface area contributed by atoms with E-state index < -0.39 is 0 Å². The van der Waals surface area contributed by atoms with E-state index in [9.17, 15) is 9.59 Å². The Labute approximate surface area is 150 Å². The number of aryl methyl sites for hydroxylation is 1. The number of nitrogens with one attached hydrogen (secondary N) is 1. The van der Waals surface area contributed by atoms with Crippen molar-refractivity contribution in [3.63, 3.8) is 0 Å². The highest BCUT2D eigenvalue weighted by Crippen LogP contribution is 2.31. The van der Waals surface area contributed by atoms with Crippen LogP contribution in [0.15, 0.2) is 42.0 Å². The van der Waals surface area contributed by atoms with Gasteiger partial charge in [0, 0.05) is 31.1 Å². The van der Waals surface area contributed by atoms with Gasteiger partial charge in [-0.2, -0.15) is 0 Å². The fraction of sp³-hybridized carbons (Fsp3) is 0.524. The van der Waals surface area contributed by atoms with Crippen molar-refractivity contribution >= 4 is 11.8 Å². The Kier molecular flexibility index (Phi) is 5.90. The lowest BCUT2D eigenvalue weighted by Gasteiger charge is -2.32. The largest absolute Gasteiger partial charge is 0.350 e. The predicted octanol–water partition coefficient (Wildman–Crippen LogP) is 3.08. The predicted molar refractivity (Wildman–Crippen MR) is 99.0 cm³/mol. The van der Waals surface area contributed by atoms with Crippen molar-refractivity contribution in [3.8, 4) is 0 Å².